The fourth-order valence-corrected chi connectivity index (χ4v) is 2.37. The van der Waals surface area contributed by atoms with Crippen molar-refractivity contribution in [1.82, 2.24) is 14.7 Å². The van der Waals surface area contributed by atoms with Crippen LogP contribution in [0.2, 0.25) is 0 Å². The molecular weight excluding hydrogens is 278 g/mol. The van der Waals surface area contributed by atoms with Gasteiger partial charge in [0, 0.05) is 17.7 Å². The quantitative estimate of drug-likeness (QED) is 0.818. The zero-order chi connectivity index (χ0) is 14.7. The smallest absolute Gasteiger partial charge is 0.307 e. The molecule has 0 saturated carbocycles. The van der Waals surface area contributed by atoms with Gasteiger partial charge in [0.1, 0.15) is 12.6 Å². The zero-order valence-corrected chi connectivity index (χ0v) is 12.9. The first-order chi connectivity index (χ1) is 9.47. The summed E-state index contributed by atoms with van der Waals surface area (Å²) in [6.07, 6.45) is -0.213. The number of hydrogen-bond acceptors (Lipinski definition) is 6. The monoisotopic (exact) mass is 297 g/mol. The van der Waals surface area contributed by atoms with Gasteiger partial charge in [0.25, 0.3) is 0 Å². The predicted molar refractivity (Wildman–Crippen MR) is 75.9 cm³/mol. The predicted octanol–water partition coefficient (Wildman–Crippen LogP) is 2.38. The molecule has 0 fully saturated rings. The molecule has 0 aliphatic heterocycles. The van der Waals surface area contributed by atoms with Gasteiger partial charge in [-0.05, 0) is 19.8 Å². The van der Waals surface area contributed by atoms with E-state index in [1.54, 1.807) is 4.57 Å². The molecule has 0 saturated heterocycles. The van der Waals surface area contributed by atoms with Crippen molar-refractivity contribution in [2.24, 2.45) is 5.92 Å². The second kappa shape index (κ2) is 6.32. The van der Waals surface area contributed by atoms with Gasteiger partial charge in [-0.1, -0.05) is 30.3 Å². The Kier molecular flexibility index (Phi) is 4.72. The third-order valence-corrected chi connectivity index (χ3v) is 3.68. The third-order valence-electron chi connectivity index (χ3n) is 2.80. The molecule has 0 unspecified atom stereocenters. The summed E-state index contributed by atoms with van der Waals surface area (Å²) in [6.45, 7) is 8.88. The van der Waals surface area contributed by atoms with Crippen LogP contribution >= 0.6 is 11.3 Å². The van der Waals surface area contributed by atoms with Crippen LogP contribution < -0.4 is 4.87 Å². The maximum atomic E-state index is 11.6. The van der Waals surface area contributed by atoms with Gasteiger partial charge < -0.3 is 9.26 Å². The molecule has 1 atom stereocenters. The molecule has 110 valence electrons. The van der Waals surface area contributed by atoms with Crippen molar-refractivity contribution < 1.29 is 9.26 Å². The van der Waals surface area contributed by atoms with Gasteiger partial charge in [-0.15, -0.1) is 0 Å². The van der Waals surface area contributed by atoms with E-state index in [1.807, 2.05) is 19.2 Å². The number of rotatable bonds is 6. The Morgan fingerprint density at radius 3 is 2.80 bits per heavy atom. The molecule has 2 aromatic rings. The van der Waals surface area contributed by atoms with E-state index in [4.69, 9.17) is 9.26 Å². The van der Waals surface area contributed by atoms with Gasteiger partial charge in [-0.25, -0.2) is 0 Å². The molecule has 0 aliphatic carbocycles. The minimum Gasteiger partial charge on any atom is -0.370 e. The summed E-state index contributed by atoms with van der Waals surface area (Å²) >= 11 is 1.17. The van der Waals surface area contributed by atoms with Crippen molar-refractivity contribution in [3.05, 3.63) is 32.5 Å². The molecule has 0 bridgehead atoms. The van der Waals surface area contributed by atoms with E-state index in [0.29, 0.717) is 30.8 Å². The lowest BCUT2D eigenvalue weighted by atomic mass is 10.2. The molecule has 6 nitrogen and oxygen atoms in total. The van der Waals surface area contributed by atoms with Crippen LogP contribution in [-0.2, 0) is 11.3 Å². The Morgan fingerprint density at radius 1 is 1.45 bits per heavy atom. The molecule has 0 aliphatic rings. The summed E-state index contributed by atoms with van der Waals surface area (Å²) in [5, 5.41) is 5.72. The highest BCUT2D eigenvalue weighted by Gasteiger charge is 2.16. The van der Waals surface area contributed by atoms with Crippen LogP contribution in [-0.4, -0.2) is 21.3 Å². The summed E-state index contributed by atoms with van der Waals surface area (Å²) in [7, 11) is 0. The van der Waals surface area contributed by atoms with Gasteiger partial charge in [0.2, 0.25) is 5.89 Å². The van der Waals surface area contributed by atoms with E-state index < -0.39 is 0 Å². The van der Waals surface area contributed by atoms with Gasteiger partial charge in [0.05, 0.1) is 0 Å². The second-order valence-electron chi connectivity index (χ2n) is 5.14. The number of thiazole rings is 1. The van der Waals surface area contributed by atoms with Crippen LogP contribution in [0.3, 0.4) is 0 Å². The lowest BCUT2D eigenvalue weighted by molar-refractivity contribution is 0.0402. The normalized spacial score (nSPS) is 13.1. The van der Waals surface area contributed by atoms with Crippen molar-refractivity contribution >= 4 is 11.3 Å². The van der Waals surface area contributed by atoms with Crippen molar-refractivity contribution in [1.29, 1.82) is 0 Å². The maximum absolute atomic E-state index is 11.6. The molecule has 0 N–H and O–H groups in total. The standard InChI is InChI=1S/C13H19N3O3S/c1-8(2)6-18-10(4)12-14-11(19-15-12)5-16-9(3)7-20-13(16)17/h7-8,10H,5-6H2,1-4H3/t10-/m0/s1. The molecule has 0 spiro atoms. The Balaban J connectivity index is 2.04. The molecule has 0 amide bonds. The van der Waals surface area contributed by atoms with Gasteiger partial charge in [-0.3, -0.25) is 9.36 Å². The van der Waals surface area contributed by atoms with Crippen molar-refractivity contribution in [3.63, 3.8) is 0 Å². The highest BCUT2D eigenvalue weighted by Crippen LogP contribution is 2.15. The van der Waals surface area contributed by atoms with Crippen molar-refractivity contribution in [2.75, 3.05) is 6.61 Å². The number of hydrogen-bond donors (Lipinski definition) is 0. The summed E-state index contributed by atoms with van der Waals surface area (Å²) in [5.74, 6) is 1.39. The van der Waals surface area contributed by atoms with Crippen molar-refractivity contribution in [3.8, 4) is 0 Å². The Labute approximate surface area is 121 Å². The Bertz CT molecular complexity index is 614. The highest BCUT2D eigenvalue weighted by molar-refractivity contribution is 7.07. The summed E-state index contributed by atoms with van der Waals surface area (Å²) in [6, 6.07) is 0. The molecule has 2 aromatic heterocycles. The highest BCUT2D eigenvalue weighted by atomic mass is 32.1. The van der Waals surface area contributed by atoms with E-state index in [0.717, 1.165) is 5.69 Å². The molecule has 7 heteroatoms. The number of aromatic nitrogens is 3. The molecule has 20 heavy (non-hydrogen) atoms. The number of ether oxygens (including phenoxy) is 1. The first kappa shape index (κ1) is 14.9. The molecule has 0 radical (unpaired) electrons. The lowest BCUT2D eigenvalue weighted by Crippen LogP contribution is -2.15. The second-order valence-corrected chi connectivity index (χ2v) is 5.97. The average Bonchev–Trinajstić information content (AvgIpc) is 2.98. The van der Waals surface area contributed by atoms with Gasteiger partial charge >= 0.3 is 4.87 Å². The first-order valence-electron chi connectivity index (χ1n) is 6.56. The Morgan fingerprint density at radius 2 is 2.20 bits per heavy atom. The Hall–Kier alpha value is -1.47. The minimum atomic E-state index is -0.213. The summed E-state index contributed by atoms with van der Waals surface area (Å²) < 4.78 is 12.4. The lowest BCUT2D eigenvalue weighted by Gasteiger charge is -2.10. The van der Waals surface area contributed by atoms with E-state index in [2.05, 4.69) is 24.0 Å². The first-order valence-corrected chi connectivity index (χ1v) is 7.44. The van der Waals surface area contributed by atoms with E-state index in [-0.39, 0.29) is 11.0 Å². The van der Waals surface area contributed by atoms with Gasteiger partial charge in [0.15, 0.2) is 5.82 Å². The van der Waals surface area contributed by atoms with Crippen LogP contribution in [0.25, 0.3) is 0 Å². The fraction of sp³-hybridized carbons (Fsp3) is 0.615. The fourth-order valence-electron chi connectivity index (χ4n) is 1.64. The van der Waals surface area contributed by atoms with E-state index >= 15 is 0 Å². The maximum Gasteiger partial charge on any atom is 0.307 e. The topological polar surface area (TPSA) is 70.2 Å². The summed E-state index contributed by atoms with van der Waals surface area (Å²) in [4.78, 5) is 15.9. The summed E-state index contributed by atoms with van der Waals surface area (Å²) in [5.41, 5.74) is 0.892. The van der Waals surface area contributed by atoms with Crippen LogP contribution in [0.15, 0.2) is 14.7 Å². The van der Waals surface area contributed by atoms with Crippen LogP contribution in [0.1, 0.15) is 44.3 Å². The average molecular weight is 297 g/mol. The van der Waals surface area contributed by atoms with Crippen molar-refractivity contribution in [2.45, 2.75) is 40.3 Å². The SMILES string of the molecule is Cc1csc(=O)n1Cc1nc([C@H](C)OCC(C)C)no1. The third kappa shape index (κ3) is 3.55. The van der Waals surface area contributed by atoms with Gasteiger partial charge in [-0.2, -0.15) is 4.98 Å². The van der Waals surface area contributed by atoms with Crippen LogP contribution in [0.4, 0.5) is 0 Å². The molecule has 2 rings (SSSR count). The number of aryl methyl sites for hydroxylation is 1. The van der Waals surface area contributed by atoms with Crippen LogP contribution in [0.5, 0.6) is 0 Å². The molecule has 0 aromatic carbocycles. The largest absolute Gasteiger partial charge is 0.370 e. The van der Waals surface area contributed by atoms with E-state index in [1.165, 1.54) is 11.3 Å². The van der Waals surface area contributed by atoms with E-state index in [9.17, 15) is 4.79 Å². The minimum absolute atomic E-state index is 0.0219. The molecule has 2 heterocycles. The zero-order valence-electron chi connectivity index (χ0n) is 12.1. The number of nitrogens with zero attached hydrogens (tertiary/aromatic N) is 3. The molecular formula is C13H19N3O3S. The van der Waals surface area contributed by atoms with Crippen LogP contribution in [0, 0.1) is 12.8 Å².